The van der Waals surface area contributed by atoms with Crippen molar-refractivity contribution in [1.29, 1.82) is 0 Å². The van der Waals surface area contributed by atoms with E-state index in [1.807, 2.05) is 0 Å². The molecule has 0 atom stereocenters. The van der Waals surface area contributed by atoms with E-state index in [1.165, 1.54) is 6.08 Å². The van der Waals surface area contributed by atoms with Crippen molar-refractivity contribution in [1.82, 2.24) is 0 Å². The summed E-state index contributed by atoms with van der Waals surface area (Å²) in [6, 6.07) is 0. The Morgan fingerprint density at radius 1 is 0.512 bits per heavy atom. The molecule has 0 aromatic heterocycles. The molecule has 0 rings (SSSR count). The van der Waals surface area contributed by atoms with Crippen LogP contribution in [0.5, 0.6) is 0 Å². The van der Waals surface area contributed by atoms with Gasteiger partial charge in [0, 0.05) is 17.2 Å². The van der Waals surface area contributed by atoms with Gasteiger partial charge in [-0.15, -0.1) is 0 Å². The first-order chi connectivity index (χ1) is 18.3. The SMILES string of the molecule is C=CC(=O)O[Si](O[Si](O[Si](C)(C)C)(O[Si](C(C)C)(C(C)C)C(C)C)O[Si](C(C)C)(C(C)C)C(C)C)(C(C)C)C(C)C. The average Bonchev–Trinajstić information content (AvgIpc) is 2.77. The molecule has 0 aliphatic rings. The summed E-state index contributed by atoms with van der Waals surface area (Å²) in [7, 11) is -14.8. The minimum atomic E-state index is -3.98. The second kappa shape index (κ2) is 15.4. The number of carbonyl (C=O) groups excluding carboxylic acids is 1. The molecular formula is C30H68O6Si5. The van der Waals surface area contributed by atoms with Gasteiger partial charge >= 0.3 is 23.6 Å². The summed E-state index contributed by atoms with van der Waals surface area (Å²) in [6.07, 6.45) is 1.24. The molecule has 41 heavy (non-hydrogen) atoms. The molecule has 0 saturated carbocycles. The summed E-state index contributed by atoms with van der Waals surface area (Å²) < 4.78 is 36.7. The molecule has 0 N–H and O–H groups in total. The summed E-state index contributed by atoms with van der Waals surface area (Å²) in [5, 5.41) is 0. The molecule has 0 amide bonds. The third-order valence-corrected chi connectivity index (χ3v) is 33.9. The first-order valence-electron chi connectivity index (χ1n) is 16.0. The van der Waals surface area contributed by atoms with Crippen LogP contribution in [0.15, 0.2) is 12.7 Å². The van der Waals surface area contributed by atoms with Crippen LogP contribution in [0.2, 0.25) is 64.0 Å². The third kappa shape index (κ3) is 9.32. The smallest absolute Gasteiger partial charge is 0.491 e. The van der Waals surface area contributed by atoms with E-state index in [2.05, 4.69) is 137 Å². The lowest BCUT2D eigenvalue weighted by Gasteiger charge is -2.54. The molecule has 0 aromatic carbocycles. The fourth-order valence-electron chi connectivity index (χ4n) is 7.19. The van der Waals surface area contributed by atoms with Crippen molar-refractivity contribution in [3.8, 4) is 0 Å². The first-order valence-corrected chi connectivity index (χ1v) is 27.3. The van der Waals surface area contributed by atoms with Crippen LogP contribution in [-0.2, 0) is 25.7 Å². The van der Waals surface area contributed by atoms with E-state index < -0.39 is 48.5 Å². The quantitative estimate of drug-likeness (QED) is 0.107. The van der Waals surface area contributed by atoms with Gasteiger partial charge in [-0.1, -0.05) is 117 Å². The van der Waals surface area contributed by atoms with Gasteiger partial charge in [-0.2, -0.15) is 0 Å². The summed E-state index contributed by atoms with van der Waals surface area (Å²) >= 11 is 0. The molecule has 0 aliphatic carbocycles. The van der Waals surface area contributed by atoms with Gasteiger partial charge in [-0.05, 0) is 52.9 Å². The zero-order chi connectivity index (χ0) is 32.9. The van der Waals surface area contributed by atoms with E-state index in [0.29, 0.717) is 33.2 Å². The van der Waals surface area contributed by atoms with Crippen molar-refractivity contribution in [2.24, 2.45) is 0 Å². The lowest BCUT2D eigenvalue weighted by molar-refractivity contribution is -0.131. The van der Waals surface area contributed by atoms with Crippen LogP contribution in [0.4, 0.5) is 0 Å². The normalized spacial score (nSPS) is 14.6. The van der Waals surface area contributed by atoms with E-state index in [1.54, 1.807) is 0 Å². The number of rotatable bonds is 18. The average molecular weight is 665 g/mol. The maximum Gasteiger partial charge on any atom is 0.639 e. The topological polar surface area (TPSA) is 63.2 Å². The Kier molecular flexibility index (Phi) is 15.5. The highest BCUT2D eigenvalue weighted by molar-refractivity contribution is 6.94. The van der Waals surface area contributed by atoms with Crippen molar-refractivity contribution < 1.29 is 25.7 Å². The Balaban J connectivity index is 8.17. The predicted octanol–water partition coefficient (Wildman–Crippen LogP) is 10.7. The van der Waals surface area contributed by atoms with E-state index in [-0.39, 0.29) is 11.1 Å². The summed E-state index contributed by atoms with van der Waals surface area (Å²) in [6.45, 7) is 46.0. The molecule has 0 fully saturated rings. The molecule has 0 radical (unpaired) electrons. The predicted molar refractivity (Wildman–Crippen MR) is 188 cm³/mol. The van der Waals surface area contributed by atoms with E-state index >= 15 is 0 Å². The van der Waals surface area contributed by atoms with Crippen molar-refractivity contribution in [3.63, 3.8) is 0 Å². The molecule has 0 spiro atoms. The van der Waals surface area contributed by atoms with Crippen LogP contribution in [0, 0.1) is 0 Å². The van der Waals surface area contributed by atoms with Crippen LogP contribution >= 0.6 is 0 Å². The van der Waals surface area contributed by atoms with Crippen molar-refractivity contribution in [2.45, 2.75) is 175 Å². The fourth-order valence-corrected chi connectivity index (χ4v) is 36.4. The van der Waals surface area contributed by atoms with Crippen LogP contribution in [-0.4, -0.2) is 48.5 Å². The van der Waals surface area contributed by atoms with Gasteiger partial charge < -0.3 is 20.9 Å². The summed E-state index contributed by atoms with van der Waals surface area (Å²) in [4.78, 5) is 13.0. The number of carbonyl (C=O) groups is 1. The Labute approximate surface area is 260 Å². The Morgan fingerprint density at radius 2 is 0.805 bits per heavy atom. The van der Waals surface area contributed by atoms with Gasteiger partial charge in [0.25, 0.3) is 0 Å². The molecule has 244 valence electrons. The molecule has 6 nitrogen and oxygen atoms in total. The highest BCUT2D eigenvalue weighted by Gasteiger charge is 2.67. The largest absolute Gasteiger partial charge is 0.639 e. The minimum absolute atomic E-state index is 0.0582. The van der Waals surface area contributed by atoms with Gasteiger partial charge in [0.15, 0.2) is 25.0 Å². The van der Waals surface area contributed by atoms with Crippen LogP contribution in [0.25, 0.3) is 0 Å². The zero-order valence-corrected chi connectivity index (χ0v) is 35.4. The third-order valence-electron chi connectivity index (χ3n) is 8.77. The van der Waals surface area contributed by atoms with E-state index in [0.717, 1.165) is 0 Å². The van der Waals surface area contributed by atoms with Crippen LogP contribution in [0.1, 0.15) is 111 Å². The molecule has 0 saturated heterocycles. The van der Waals surface area contributed by atoms with Crippen LogP contribution in [0.3, 0.4) is 0 Å². The molecular weight excluding hydrogens is 597 g/mol. The molecule has 0 aliphatic heterocycles. The second-order valence-corrected chi connectivity index (χ2v) is 38.1. The monoisotopic (exact) mass is 664 g/mol. The highest BCUT2D eigenvalue weighted by atomic mass is 28.5. The van der Waals surface area contributed by atoms with Gasteiger partial charge in [-0.25, -0.2) is 4.79 Å². The highest BCUT2D eigenvalue weighted by Crippen LogP contribution is 2.51. The molecule has 0 unspecified atom stereocenters. The van der Waals surface area contributed by atoms with Crippen molar-refractivity contribution in [2.75, 3.05) is 0 Å². The maximum absolute atomic E-state index is 13.0. The molecule has 0 aromatic rings. The van der Waals surface area contributed by atoms with E-state index in [4.69, 9.17) is 20.9 Å². The number of hydrogen-bond acceptors (Lipinski definition) is 6. The molecule has 0 bridgehead atoms. The van der Waals surface area contributed by atoms with Gasteiger partial charge in [0.2, 0.25) is 0 Å². The van der Waals surface area contributed by atoms with Crippen molar-refractivity contribution in [3.05, 3.63) is 12.7 Å². The first kappa shape index (κ1) is 41.1. The molecule has 11 heteroatoms. The Bertz CT molecular complexity index is 748. The summed E-state index contributed by atoms with van der Waals surface area (Å²) in [5.74, 6) is -0.463. The Hall–Kier alpha value is 0.134. The minimum Gasteiger partial charge on any atom is -0.491 e. The van der Waals surface area contributed by atoms with Crippen LogP contribution < -0.4 is 0 Å². The van der Waals surface area contributed by atoms with Gasteiger partial charge in [-0.3, -0.25) is 0 Å². The molecule has 0 heterocycles. The second-order valence-electron chi connectivity index (χ2n) is 15.3. The lowest BCUT2D eigenvalue weighted by atomic mass is 10.5. The standard InChI is InChI=1S/C30H68O6Si5/c1-21-30(31)32-40(28(14)15,29(16)17)36-41(33-37(18,19)20,34-38(22(2)3,23(4)5)24(6)7)35-39(25(8)9,26(10)11)27(12)13/h21-29H,1H2,2-20H3. The van der Waals surface area contributed by atoms with Gasteiger partial charge in [0.1, 0.15) is 0 Å². The number of hydrogen-bond donors (Lipinski definition) is 0. The zero-order valence-electron chi connectivity index (χ0n) is 30.4. The van der Waals surface area contributed by atoms with Gasteiger partial charge in [0.05, 0.1) is 0 Å². The lowest BCUT2D eigenvalue weighted by Crippen LogP contribution is -2.72. The van der Waals surface area contributed by atoms with Crippen molar-refractivity contribution >= 4 is 48.5 Å². The van der Waals surface area contributed by atoms with E-state index in [9.17, 15) is 4.79 Å². The fraction of sp³-hybridized carbons (Fsp3) is 0.900. The Morgan fingerprint density at radius 3 is 1.00 bits per heavy atom. The summed E-state index contributed by atoms with van der Waals surface area (Å²) in [5.41, 5.74) is 1.66. The maximum atomic E-state index is 13.0.